The lowest BCUT2D eigenvalue weighted by molar-refractivity contribution is -0.384. The number of benzene rings is 2. The van der Waals surface area contributed by atoms with Gasteiger partial charge in [-0.05, 0) is 42.0 Å². The maximum absolute atomic E-state index is 12.7. The maximum Gasteiger partial charge on any atom is 0.269 e. The van der Waals surface area contributed by atoms with Crippen molar-refractivity contribution in [3.05, 3.63) is 68.7 Å². The number of nitrogens with one attached hydrogen (secondary N) is 1. The number of nitro benzene ring substituents is 1. The predicted octanol–water partition coefficient (Wildman–Crippen LogP) is 3.63. The van der Waals surface area contributed by atoms with Crippen LogP contribution in [0.25, 0.3) is 6.08 Å². The van der Waals surface area contributed by atoms with Crippen LogP contribution in [-0.4, -0.2) is 37.1 Å². The average Bonchev–Trinajstić information content (AvgIpc) is 2.73. The van der Waals surface area contributed by atoms with Gasteiger partial charge in [-0.2, -0.15) is 5.26 Å². The monoisotopic (exact) mass is 412 g/mol. The lowest BCUT2D eigenvalue weighted by atomic mass is 10.1. The summed E-state index contributed by atoms with van der Waals surface area (Å²) in [6.07, 6.45) is 1.37. The van der Waals surface area contributed by atoms with Crippen molar-refractivity contribution in [2.45, 2.75) is 0 Å². The lowest BCUT2D eigenvalue weighted by Crippen LogP contribution is -2.36. The molecule has 2 aromatic carbocycles. The first-order valence-corrected chi connectivity index (χ1v) is 9.15. The Morgan fingerprint density at radius 2 is 1.93 bits per heavy atom. The molecule has 0 spiro atoms. The number of rotatable bonds is 5. The Morgan fingerprint density at radius 3 is 2.55 bits per heavy atom. The van der Waals surface area contributed by atoms with E-state index in [0.29, 0.717) is 42.6 Å². The Kier molecular flexibility index (Phi) is 6.44. The van der Waals surface area contributed by atoms with Gasteiger partial charge in [0.05, 0.1) is 29.5 Å². The second-order valence-electron chi connectivity index (χ2n) is 6.23. The minimum absolute atomic E-state index is 0.0702. The molecule has 1 amide bonds. The van der Waals surface area contributed by atoms with Gasteiger partial charge in [-0.1, -0.05) is 11.6 Å². The SMILES string of the molecule is N#C/C(=C\c1ccc([N+](=O)[O-])cc1)C(=O)Nc1cc(Cl)ccc1N1CCOCC1. The van der Waals surface area contributed by atoms with E-state index in [-0.39, 0.29) is 11.3 Å². The summed E-state index contributed by atoms with van der Waals surface area (Å²) < 4.78 is 5.36. The number of ether oxygens (including phenoxy) is 1. The largest absolute Gasteiger partial charge is 0.378 e. The molecular formula is C20H17ClN4O4. The molecule has 1 N–H and O–H groups in total. The number of nitriles is 1. The molecule has 1 heterocycles. The summed E-state index contributed by atoms with van der Waals surface area (Å²) in [5.74, 6) is -0.595. The van der Waals surface area contributed by atoms with E-state index in [1.54, 1.807) is 12.1 Å². The van der Waals surface area contributed by atoms with Gasteiger partial charge >= 0.3 is 0 Å². The first-order valence-electron chi connectivity index (χ1n) is 8.78. The van der Waals surface area contributed by atoms with Crippen LogP contribution in [0.3, 0.4) is 0 Å². The number of hydrogen-bond acceptors (Lipinski definition) is 6. The Bertz CT molecular complexity index is 993. The summed E-state index contributed by atoms with van der Waals surface area (Å²) in [6.45, 7) is 2.52. The highest BCUT2D eigenvalue weighted by Gasteiger charge is 2.18. The van der Waals surface area contributed by atoms with Gasteiger partial charge in [-0.25, -0.2) is 0 Å². The number of non-ortho nitro benzene ring substituents is 1. The molecule has 0 aliphatic carbocycles. The van der Waals surface area contributed by atoms with Crippen molar-refractivity contribution in [3.8, 4) is 6.07 Å². The van der Waals surface area contributed by atoms with E-state index >= 15 is 0 Å². The van der Waals surface area contributed by atoms with Crippen LogP contribution < -0.4 is 10.2 Å². The van der Waals surface area contributed by atoms with Gasteiger partial charge in [0.25, 0.3) is 11.6 Å². The van der Waals surface area contributed by atoms with Crippen LogP contribution in [0, 0.1) is 21.4 Å². The molecule has 0 saturated carbocycles. The van der Waals surface area contributed by atoms with E-state index in [4.69, 9.17) is 16.3 Å². The van der Waals surface area contributed by atoms with Crippen LogP contribution in [0.2, 0.25) is 5.02 Å². The van der Waals surface area contributed by atoms with Crippen LogP contribution in [0.4, 0.5) is 17.1 Å². The van der Waals surface area contributed by atoms with E-state index in [0.717, 1.165) is 5.69 Å². The van der Waals surface area contributed by atoms with Crippen molar-refractivity contribution in [1.82, 2.24) is 0 Å². The van der Waals surface area contributed by atoms with Gasteiger partial charge in [-0.15, -0.1) is 0 Å². The zero-order valence-electron chi connectivity index (χ0n) is 15.3. The fraction of sp³-hybridized carbons (Fsp3) is 0.200. The summed E-state index contributed by atoms with van der Waals surface area (Å²) in [5, 5.41) is 23.4. The van der Waals surface area contributed by atoms with E-state index in [9.17, 15) is 20.2 Å². The van der Waals surface area contributed by atoms with Gasteiger partial charge < -0.3 is 15.0 Å². The van der Waals surface area contributed by atoms with Crippen LogP contribution in [0.5, 0.6) is 0 Å². The zero-order chi connectivity index (χ0) is 20.8. The normalized spacial score (nSPS) is 14.2. The number of hydrogen-bond donors (Lipinski definition) is 1. The van der Waals surface area contributed by atoms with E-state index in [2.05, 4.69) is 10.2 Å². The van der Waals surface area contributed by atoms with Crippen LogP contribution >= 0.6 is 11.6 Å². The van der Waals surface area contributed by atoms with E-state index < -0.39 is 10.8 Å². The number of carbonyl (C=O) groups excluding carboxylic acids is 1. The summed E-state index contributed by atoms with van der Waals surface area (Å²) in [6, 6.07) is 12.6. The molecule has 1 saturated heterocycles. The topological polar surface area (TPSA) is 108 Å². The third-order valence-electron chi connectivity index (χ3n) is 4.34. The summed E-state index contributed by atoms with van der Waals surface area (Å²) >= 11 is 6.09. The molecule has 2 aromatic rings. The fourth-order valence-corrected chi connectivity index (χ4v) is 3.06. The minimum atomic E-state index is -0.595. The number of morpholine rings is 1. The van der Waals surface area contributed by atoms with Crippen molar-refractivity contribution in [3.63, 3.8) is 0 Å². The van der Waals surface area contributed by atoms with Crippen molar-refractivity contribution in [1.29, 1.82) is 5.26 Å². The highest BCUT2D eigenvalue weighted by Crippen LogP contribution is 2.30. The first-order chi connectivity index (χ1) is 14.0. The molecule has 1 aliphatic heterocycles. The molecular weight excluding hydrogens is 396 g/mol. The van der Waals surface area contributed by atoms with Gasteiger partial charge in [0, 0.05) is 30.2 Å². The summed E-state index contributed by atoms with van der Waals surface area (Å²) in [5.41, 5.74) is 1.58. The fourth-order valence-electron chi connectivity index (χ4n) is 2.89. The number of nitrogens with zero attached hydrogens (tertiary/aromatic N) is 3. The molecule has 9 heteroatoms. The third-order valence-corrected chi connectivity index (χ3v) is 4.57. The Balaban J connectivity index is 1.83. The van der Waals surface area contributed by atoms with E-state index in [1.165, 1.54) is 30.3 Å². The Hall–Kier alpha value is -3.41. The lowest BCUT2D eigenvalue weighted by Gasteiger charge is -2.30. The van der Waals surface area contributed by atoms with Gasteiger partial charge in [0.2, 0.25) is 0 Å². The summed E-state index contributed by atoms with van der Waals surface area (Å²) in [7, 11) is 0. The standard InChI is InChI=1S/C20H17ClN4O4/c21-16-3-6-19(24-7-9-29-10-8-24)18(12-16)23-20(26)15(13-22)11-14-1-4-17(5-2-14)25(27)28/h1-6,11-12H,7-10H2,(H,23,26)/b15-11+. The maximum atomic E-state index is 12.7. The number of amides is 1. The molecule has 0 bridgehead atoms. The van der Waals surface area contributed by atoms with Gasteiger partial charge in [0.15, 0.2) is 0 Å². The highest BCUT2D eigenvalue weighted by molar-refractivity contribution is 6.31. The van der Waals surface area contributed by atoms with Crippen molar-refractivity contribution in [2.75, 3.05) is 36.5 Å². The minimum Gasteiger partial charge on any atom is -0.378 e. The van der Waals surface area contributed by atoms with Crippen LogP contribution in [-0.2, 0) is 9.53 Å². The second kappa shape index (κ2) is 9.19. The van der Waals surface area contributed by atoms with Gasteiger partial charge in [-0.3, -0.25) is 14.9 Å². The molecule has 8 nitrogen and oxygen atoms in total. The Morgan fingerprint density at radius 1 is 1.24 bits per heavy atom. The molecule has 1 aliphatic rings. The number of nitro groups is 1. The molecule has 29 heavy (non-hydrogen) atoms. The van der Waals surface area contributed by atoms with E-state index in [1.807, 2.05) is 12.1 Å². The molecule has 148 valence electrons. The molecule has 0 radical (unpaired) electrons. The second-order valence-corrected chi connectivity index (χ2v) is 6.67. The molecule has 3 rings (SSSR count). The smallest absolute Gasteiger partial charge is 0.269 e. The molecule has 1 fully saturated rings. The number of anilines is 2. The van der Waals surface area contributed by atoms with Gasteiger partial charge in [0.1, 0.15) is 11.6 Å². The Labute approximate surface area is 172 Å². The van der Waals surface area contributed by atoms with Crippen LogP contribution in [0.1, 0.15) is 5.56 Å². The third kappa shape index (κ3) is 5.10. The predicted molar refractivity (Wildman–Crippen MR) is 110 cm³/mol. The van der Waals surface area contributed by atoms with Crippen LogP contribution in [0.15, 0.2) is 48.0 Å². The van der Waals surface area contributed by atoms with Crippen molar-refractivity contribution in [2.24, 2.45) is 0 Å². The first kappa shape index (κ1) is 20.3. The zero-order valence-corrected chi connectivity index (χ0v) is 16.1. The highest BCUT2D eigenvalue weighted by atomic mass is 35.5. The quantitative estimate of drug-likeness (QED) is 0.347. The van der Waals surface area contributed by atoms with Crippen molar-refractivity contribution < 1.29 is 14.5 Å². The van der Waals surface area contributed by atoms with Crippen molar-refractivity contribution >= 4 is 40.6 Å². The average molecular weight is 413 g/mol. The molecule has 0 unspecified atom stereocenters. The molecule has 0 aromatic heterocycles. The number of halogens is 1. The number of carbonyl (C=O) groups is 1. The molecule has 0 atom stereocenters. The summed E-state index contributed by atoms with van der Waals surface area (Å²) in [4.78, 5) is 25.0.